The minimum atomic E-state index is -4.79. The molecule has 226 valence electrons. The standard InChI is InChI=1S/C17H22FN3O3.C10H9F6N/c1-11-8-12(18)2-3-14(11)15-9-13(4-6-21(15)17(23)24)20-7-5-19-16(22)10-20;1-17-5-6-2-7(9(11,12)13)4-8(3-6)10(14,15)16/h2-3,8,13,15H,4-7,9-10H2,1H3,(H,19,22)(H,23,24);2-4,17H,5H2,1H3/t13-,15+;/m0./s1. The molecule has 0 radical (unpaired) electrons. The van der Waals surface area contributed by atoms with Gasteiger partial charge in [0.05, 0.1) is 23.7 Å². The molecule has 2 saturated heterocycles. The largest absolute Gasteiger partial charge is 0.465 e. The Balaban J connectivity index is 0.000000241. The summed E-state index contributed by atoms with van der Waals surface area (Å²) in [6, 6.07) is 5.84. The van der Waals surface area contributed by atoms with Crippen molar-refractivity contribution in [2.75, 3.05) is 33.2 Å². The molecule has 7 nitrogen and oxygen atoms in total. The number of amides is 2. The number of alkyl halides is 6. The van der Waals surface area contributed by atoms with Crippen LogP contribution in [0.2, 0.25) is 0 Å². The van der Waals surface area contributed by atoms with E-state index >= 15 is 0 Å². The number of halogens is 7. The molecule has 2 fully saturated rings. The Morgan fingerprint density at radius 2 is 1.68 bits per heavy atom. The first-order valence-electron chi connectivity index (χ1n) is 12.8. The molecule has 2 aliphatic heterocycles. The van der Waals surface area contributed by atoms with Gasteiger partial charge in [-0.25, -0.2) is 9.18 Å². The van der Waals surface area contributed by atoms with Gasteiger partial charge in [-0.15, -0.1) is 0 Å². The maximum Gasteiger partial charge on any atom is 0.416 e. The van der Waals surface area contributed by atoms with E-state index < -0.39 is 29.6 Å². The molecule has 0 aromatic heterocycles. The van der Waals surface area contributed by atoms with Crippen molar-refractivity contribution >= 4 is 12.0 Å². The first-order chi connectivity index (χ1) is 19.1. The summed E-state index contributed by atoms with van der Waals surface area (Å²) in [5, 5.41) is 14.8. The molecule has 2 aliphatic rings. The van der Waals surface area contributed by atoms with Gasteiger partial charge in [0.2, 0.25) is 5.91 Å². The maximum absolute atomic E-state index is 13.4. The molecule has 2 aromatic rings. The van der Waals surface area contributed by atoms with E-state index in [0.29, 0.717) is 44.6 Å². The van der Waals surface area contributed by atoms with E-state index in [4.69, 9.17) is 0 Å². The normalized spacial score (nSPS) is 20.2. The monoisotopic (exact) mass is 592 g/mol. The number of benzene rings is 2. The maximum atomic E-state index is 13.4. The molecule has 2 atom stereocenters. The highest BCUT2D eigenvalue weighted by Gasteiger charge is 2.38. The van der Waals surface area contributed by atoms with E-state index in [1.54, 1.807) is 13.0 Å². The van der Waals surface area contributed by atoms with Crippen molar-refractivity contribution in [3.8, 4) is 0 Å². The average molecular weight is 593 g/mol. The number of piperazine rings is 1. The van der Waals surface area contributed by atoms with Crippen LogP contribution in [0.25, 0.3) is 0 Å². The lowest BCUT2D eigenvalue weighted by molar-refractivity contribution is -0.143. The van der Waals surface area contributed by atoms with Crippen LogP contribution in [0.3, 0.4) is 0 Å². The third kappa shape index (κ3) is 8.55. The van der Waals surface area contributed by atoms with Gasteiger partial charge in [-0.2, -0.15) is 26.3 Å². The van der Waals surface area contributed by atoms with E-state index in [-0.39, 0.29) is 42.0 Å². The lowest BCUT2D eigenvalue weighted by Crippen LogP contribution is -2.55. The van der Waals surface area contributed by atoms with Crippen LogP contribution in [0.5, 0.6) is 0 Å². The molecule has 2 amide bonds. The number of carboxylic acid groups (broad SMARTS) is 1. The minimum Gasteiger partial charge on any atom is -0.465 e. The SMILES string of the molecule is CNCc1cc(C(F)(F)F)cc(C(F)(F)F)c1.Cc1cc(F)ccc1[C@H]1C[C@@H](N2CCNC(=O)C2)CCN1C(=O)O. The molecule has 0 saturated carbocycles. The second-order valence-corrected chi connectivity index (χ2v) is 9.94. The molecule has 2 heterocycles. The number of piperidine rings is 1. The van der Waals surface area contributed by atoms with Gasteiger partial charge < -0.3 is 20.6 Å². The van der Waals surface area contributed by atoms with E-state index in [1.165, 1.54) is 24.1 Å². The zero-order valence-electron chi connectivity index (χ0n) is 22.4. The quantitative estimate of drug-likeness (QED) is 0.426. The van der Waals surface area contributed by atoms with Gasteiger partial charge in [0.15, 0.2) is 0 Å². The molecule has 0 unspecified atom stereocenters. The van der Waals surface area contributed by atoms with Crippen molar-refractivity contribution in [2.24, 2.45) is 0 Å². The van der Waals surface area contributed by atoms with Crippen LogP contribution in [0.4, 0.5) is 35.5 Å². The fraction of sp³-hybridized carbons (Fsp3) is 0.481. The molecule has 41 heavy (non-hydrogen) atoms. The molecular formula is C27H31F7N4O3. The van der Waals surface area contributed by atoms with Gasteiger partial charge in [0, 0.05) is 32.2 Å². The Hall–Kier alpha value is -3.39. The fourth-order valence-electron chi connectivity index (χ4n) is 5.11. The Bertz CT molecular complexity index is 1200. The van der Waals surface area contributed by atoms with Crippen molar-refractivity contribution in [1.82, 2.24) is 20.4 Å². The Labute approximate surface area is 232 Å². The molecule has 4 rings (SSSR count). The van der Waals surface area contributed by atoms with Crippen molar-refractivity contribution < 1.29 is 45.4 Å². The number of rotatable bonds is 4. The van der Waals surface area contributed by atoms with E-state index in [2.05, 4.69) is 15.5 Å². The molecule has 3 N–H and O–H groups in total. The zero-order chi connectivity index (χ0) is 30.5. The topological polar surface area (TPSA) is 84.9 Å². The van der Waals surface area contributed by atoms with Crippen LogP contribution < -0.4 is 10.6 Å². The van der Waals surface area contributed by atoms with Crippen LogP contribution in [0.15, 0.2) is 36.4 Å². The number of hydrogen-bond donors (Lipinski definition) is 3. The number of nitrogens with zero attached hydrogens (tertiary/aromatic N) is 2. The van der Waals surface area contributed by atoms with Crippen molar-refractivity contribution in [3.63, 3.8) is 0 Å². The third-order valence-corrected chi connectivity index (χ3v) is 7.02. The van der Waals surface area contributed by atoms with E-state index in [1.807, 2.05) is 0 Å². The fourth-order valence-corrected chi connectivity index (χ4v) is 5.11. The smallest absolute Gasteiger partial charge is 0.416 e. The molecule has 0 spiro atoms. The number of carbonyl (C=O) groups is 2. The summed E-state index contributed by atoms with van der Waals surface area (Å²) in [6.07, 6.45) is -9.21. The summed E-state index contributed by atoms with van der Waals surface area (Å²) in [7, 11) is 1.44. The van der Waals surface area contributed by atoms with Gasteiger partial charge >= 0.3 is 18.4 Å². The van der Waals surface area contributed by atoms with Crippen LogP contribution in [0, 0.1) is 12.7 Å². The molecule has 0 bridgehead atoms. The van der Waals surface area contributed by atoms with Crippen molar-refractivity contribution in [3.05, 3.63) is 70.0 Å². The van der Waals surface area contributed by atoms with Crippen LogP contribution in [-0.2, 0) is 23.7 Å². The Morgan fingerprint density at radius 3 is 2.20 bits per heavy atom. The summed E-state index contributed by atoms with van der Waals surface area (Å²) in [4.78, 5) is 26.8. The number of carbonyl (C=O) groups excluding carboxylic acids is 1. The van der Waals surface area contributed by atoms with Crippen molar-refractivity contribution in [2.45, 2.75) is 50.7 Å². The van der Waals surface area contributed by atoms with Crippen molar-refractivity contribution in [1.29, 1.82) is 0 Å². The van der Waals surface area contributed by atoms with Gasteiger partial charge in [0.1, 0.15) is 5.82 Å². The number of likely N-dealkylation sites (tertiary alicyclic amines) is 1. The molecule has 2 aromatic carbocycles. The highest BCUT2D eigenvalue weighted by molar-refractivity contribution is 5.78. The third-order valence-electron chi connectivity index (χ3n) is 7.02. The second kappa shape index (κ2) is 13.1. The van der Waals surface area contributed by atoms with Crippen LogP contribution >= 0.6 is 0 Å². The van der Waals surface area contributed by atoms with E-state index in [0.717, 1.165) is 17.7 Å². The summed E-state index contributed by atoms with van der Waals surface area (Å²) >= 11 is 0. The lowest BCUT2D eigenvalue weighted by Gasteiger charge is -2.43. The van der Waals surface area contributed by atoms with Gasteiger partial charge in [0.25, 0.3) is 0 Å². The highest BCUT2D eigenvalue weighted by atomic mass is 19.4. The molecular weight excluding hydrogens is 561 g/mol. The minimum absolute atomic E-state index is 0.0106. The first-order valence-corrected chi connectivity index (χ1v) is 12.8. The first kappa shape index (κ1) is 32.1. The van der Waals surface area contributed by atoms with E-state index in [9.17, 15) is 45.4 Å². The summed E-state index contributed by atoms with van der Waals surface area (Å²) in [6.45, 7) is 3.91. The number of hydrogen-bond acceptors (Lipinski definition) is 4. The number of nitrogens with one attached hydrogen (secondary N) is 2. The van der Waals surface area contributed by atoms with Gasteiger partial charge in [-0.1, -0.05) is 6.07 Å². The lowest BCUT2D eigenvalue weighted by atomic mass is 9.88. The summed E-state index contributed by atoms with van der Waals surface area (Å²) in [5.74, 6) is -0.311. The summed E-state index contributed by atoms with van der Waals surface area (Å²) in [5.41, 5.74) is -1.06. The predicted molar refractivity (Wildman–Crippen MR) is 135 cm³/mol. The summed E-state index contributed by atoms with van der Waals surface area (Å²) < 4.78 is 87.7. The predicted octanol–water partition coefficient (Wildman–Crippen LogP) is 5.19. The number of aryl methyl sites for hydroxylation is 1. The zero-order valence-corrected chi connectivity index (χ0v) is 22.4. The Morgan fingerprint density at radius 1 is 1.05 bits per heavy atom. The van der Waals surface area contributed by atoms with Gasteiger partial charge in [-0.05, 0) is 73.8 Å². The Kier molecular flexibility index (Phi) is 10.2. The van der Waals surface area contributed by atoms with Crippen LogP contribution in [-0.4, -0.2) is 66.2 Å². The highest BCUT2D eigenvalue weighted by Crippen LogP contribution is 2.37. The molecule has 0 aliphatic carbocycles. The van der Waals surface area contributed by atoms with Crippen LogP contribution in [0.1, 0.15) is 46.7 Å². The second-order valence-electron chi connectivity index (χ2n) is 9.94. The molecule has 14 heteroatoms. The average Bonchev–Trinajstić information content (AvgIpc) is 2.88. The van der Waals surface area contributed by atoms with Gasteiger partial charge in [-0.3, -0.25) is 9.69 Å².